The molecule has 0 saturated heterocycles. The fourth-order valence-electron chi connectivity index (χ4n) is 3.23. The van der Waals surface area contributed by atoms with Gasteiger partial charge in [0.2, 0.25) is 5.91 Å². The van der Waals surface area contributed by atoms with Crippen molar-refractivity contribution in [2.45, 2.75) is 25.8 Å². The van der Waals surface area contributed by atoms with Crippen molar-refractivity contribution >= 4 is 39.6 Å². The van der Waals surface area contributed by atoms with Gasteiger partial charge in [-0.05, 0) is 35.6 Å². The number of benzene rings is 1. The third kappa shape index (κ3) is 4.65. The Morgan fingerprint density at radius 3 is 2.79 bits per heavy atom. The van der Waals surface area contributed by atoms with E-state index in [4.69, 9.17) is 4.74 Å². The lowest BCUT2D eigenvalue weighted by Gasteiger charge is -2.26. The molecule has 1 aromatic carbocycles. The zero-order valence-corrected chi connectivity index (χ0v) is 17.6. The van der Waals surface area contributed by atoms with E-state index in [2.05, 4.69) is 10.3 Å². The van der Waals surface area contributed by atoms with Gasteiger partial charge in [0.15, 0.2) is 5.13 Å². The predicted molar refractivity (Wildman–Crippen MR) is 115 cm³/mol. The molecule has 0 spiro atoms. The number of rotatable bonds is 6. The maximum absolute atomic E-state index is 12.7. The van der Waals surface area contributed by atoms with Crippen LogP contribution in [0, 0.1) is 0 Å². The molecule has 1 N–H and O–H groups in total. The Hall–Kier alpha value is -2.71. The molecule has 150 valence electrons. The first kappa shape index (κ1) is 19.6. The van der Waals surface area contributed by atoms with Crippen LogP contribution in [-0.2, 0) is 24.2 Å². The Balaban J connectivity index is 1.33. The van der Waals surface area contributed by atoms with Crippen molar-refractivity contribution in [2.75, 3.05) is 19.0 Å². The van der Waals surface area contributed by atoms with Crippen molar-refractivity contribution < 1.29 is 14.3 Å². The number of anilines is 1. The lowest BCUT2D eigenvalue weighted by molar-refractivity contribution is -0.132. The summed E-state index contributed by atoms with van der Waals surface area (Å²) in [6, 6.07) is 11.4. The normalized spacial score (nSPS) is 13.1. The molecule has 0 atom stereocenters. The smallest absolute Gasteiger partial charge is 0.267 e. The highest BCUT2D eigenvalue weighted by Gasteiger charge is 2.24. The lowest BCUT2D eigenvalue weighted by Crippen LogP contribution is -2.35. The molecular weight excluding hydrogens is 406 g/mol. The number of carbonyl (C=O) groups excluding carboxylic acids is 2. The zero-order chi connectivity index (χ0) is 20.2. The number of amides is 2. The first-order valence-corrected chi connectivity index (χ1v) is 11.1. The van der Waals surface area contributed by atoms with Crippen molar-refractivity contribution in [1.29, 1.82) is 0 Å². The van der Waals surface area contributed by atoms with Gasteiger partial charge in [-0.15, -0.1) is 11.3 Å². The number of aryl methyl sites for hydroxylation is 1. The van der Waals surface area contributed by atoms with Gasteiger partial charge in [-0.25, -0.2) is 4.98 Å². The van der Waals surface area contributed by atoms with E-state index in [-0.39, 0.29) is 11.8 Å². The average molecular weight is 428 g/mol. The van der Waals surface area contributed by atoms with Gasteiger partial charge in [-0.2, -0.15) is 0 Å². The van der Waals surface area contributed by atoms with Crippen molar-refractivity contribution in [3.8, 4) is 5.75 Å². The minimum absolute atomic E-state index is 0.140. The van der Waals surface area contributed by atoms with E-state index in [1.54, 1.807) is 13.2 Å². The van der Waals surface area contributed by atoms with Crippen molar-refractivity contribution in [3.63, 3.8) is 0 Å². The van der Waals surface area contributed by atoms with Crippen LogP contribution in [0.25, 0.3) is 0 Å². The monoisotopic (exact) mass is 427 g/mol. The Morgan fingerprint density at radius 2 is 2.07 bits per heavy atom. The molecule has 2 aromatic heterocycles. The van der Waals surface area contributed by atoms with Crippen LogP contribution in [0.4, 0.5) is 5.13 Å². The first-order valence-electron chi connectivity index (χ1n) is 9.36. The van der Waals surface area contributed by atoms with Gasteiger partial charge in [-0.3, -0.25) is 14.9 Å². The summed E-state index contributed by atoms with van der Waals surface area (Å²) in [5.74, 6) is 0.818. The number of carbonyl (C=O) groups is 2. The molecule has 3 heterocycles. The Morgan fingerprint density at radius 1 is 1.24 bits per heavy atom. The molecule has 1 aliphatic rings. The molecular formula is C21H21N3O3S2. The maximum atomic E-state index is 12.7. The predicted octanol–water partition coefficient (Wildman–Crippen LogP) is 3.98. The molecule has 0 saturated carbocycles. The molecule has 0 radical (unpaired) electrons. The molecule has 6 nitrogen and oxygen atoms in total. The van der Waals surface area contributed by atoms with Gasteiger partial charge in [-0.1, -0.05) is 29.5 Å². The van der Waals surface area contributed by atoms with Crippen LogP contribution in [0.2, 0.25) is 0 Å². The molecule has 1 aliphatic heterocycles. The highest BCUT2D eigenvalue weighted by atomic mass is 32.1. The molecule has 8 heteroatoms. The molecule has 0 bridgehead atoms. The molecule has 2 amide bonds. The number of thiophene rings is 1. The number of nitrogens with one attached hydrogen (secondary N) is 1. The Bertz CT molecular complexity index is 997. The number of aromatic nitrogens is 1. The minimum Gasteiger partial charge on any atom is -0.497 e. The van der Waals surface area contributed by atoms with E-state index in [0.717, 1.165) is 28.3 Å². The molecule has 3 aromatic rings. The maximum Gasteiger partial charge on any atom is 0.267 e. The standard InChI is InChI=1S/C21H21N3O3S2/c1-27-15-7-4-14(5-8-15)6-9-19(25)24-11-10-16-18(13-24)29-21(22-16)23-20(26)17-3-2-12-28-17/h2-5,7-8,12H,6,9-11,13H2,1H3,(H,22,23,26). The average Bonchev–Trinajstić information content (AvgIpc) is 3.41. The van der Waals surface area contributed by atoms with Gasteiger partial charge in [0.05, 0.1) is 24.2 Å². The third-order valence-electron chi connectivity index (χ3n) is 4.84. The Kier molecular flexibility index (Phi) is 5.92. The summed E-state index contributed by atoms with van der Waals surface area (Å²) in [4.78, 5) is 33.0. The topological polar surface area (TPSA) is 71.5 Å². The highest BCUT2D eigenvalue weighted by molar-refractivity contribution is 7.16. The van der Waals surface area contributed by atoms with Crippen LogP contribution in [0.5, 0.6) is 5.75 Å². The molecule has 0 fully saturated rings. The number of fused-ring (bicyclic) bond motifs is 1. The van der Waals surface area contributed by atoms with Crippen LogP contribution in [0.1, 0.15) is 32.2 Å². The van der Waals surface area contributed by atoms with Crippen molar-refractivity contribution in [1.82, 2.24) is 9.88 Å². The molecule has 0 aliphatic carbocycles. The number of thiazole rings is 1. The molecule has 4 rings (SSSR count). The summed E-state index contributed by atoms with van der Waals surface area (Å²) < 4.78 is 5.16. The van der Waals surface area contributed by atoms with E-state index in [1.807, 2.05) is 40.6 Å². The first-order chi connectivity index (χ1) is 14.1. The second kappa shape index (κ2) is 8.75. The van der Waals surface area contributed by atoms with Crippen LogP contribution >= 0.6 is 22.7 Å². The number of nitrogens with zero attached hydrogens (tertiary/aromatic N) is 2. The van der Waals surface area contributed by atoms with Gasteiger partial charge in [0, 0.05) is 24.3 Å². The lowest BCUT2D eigenvalue weighted by atomic mass is 10.1. The zero-order valence-electron chi connectivity index (χ0n) is 16.0. The Labute approximate surface area is 177 Å². The summed E-state index contributed by atoms with van der Waals surface area (Å²) in [6.45, 7) is 1.22. The summed E-state index contributed by atoms with van der Waals surface area (Å²) >= 11 is 2.85. The summed E-state index contributed by atoms with van der Waals surface area (Å²) in [6.07, 6.45) is 1.90. The van der Waals surface area contributed by atoms with E-state index in [0.29, 0.717) is 35.9 Å². The van der Waals surface area contributed by atoms with Crippen LogP contribution in [-0.4, -0.2) is 35.4 Å². The minimum atomic E-state index is -0.140. The van der Waals surface area contributed by atoms with Gasteiger partial charge in [0.1, 0.15) is 5.75 Å². The number of hydrogen-bond acceptors (Lipinski definition) is 6. The third-order valence-corrected chi connectivity index (χ3v) is 6.70. The summed E-state index contributed by atoms with van der Waals surface area (Å²) in [5.41, 5.74) is 2.10. The number of hydrogen-bond donors (Lipinski definition) is 1. The SMILES string of the molecule is COc1ccc(CCC(=O)N2CCc3nc(NC(=O)c4cccs4)sc3C2)cc1. The van der Waals surface area contributed by atoms with E-state index >= 15 is 0 Å². The summed E-state index contributed by atoms with van der Waals surface area (Å²) in [5, 5.41) is 5.34. The van der Waals surface area contributed by atoms with Crippen LogP contribution in [0.3, 0.4) is 0 Å². The van der Waals surface area contributed by atoms with E-state index in [1.165, 1.54) is 22.7 Å². The fraction of sp³-hybridized carbons (Fsp3) is 0.286. The molecule has 29 heavy (non-hydrogen) atoms. The number of ether oxygens (including phenoxy) is 1. The summed E-state index contributed by atoms with van der Waals surface area (Å²) in [7, 11) is 1.64. The van der Waals surface area contributed by atoms with Crippen LogP contribution < -0.4 is 10.1 Å². The van der Waals surface area contributed by atoms with Crippen molar-refractivity contribution in [3.05, 3.63) is 62.8 Å². The van der Waals surface area contributed by atoms with E-state index < -0.39 is 0 Å². The largest absolute Gasteiger partial charge is 0.497 e. The van der Waals surface area contributed by atoms with Crippen molar-refractivity contribution in [2.24, 2.45) is 0 Å². The quantitative estimate of drug-likeness (QED) is 0.646. The van der Waals surface area contributed by atoms with Gasteiger partial charge >= 0.3 is 0 Å². The second-order valence-electron chi connectivity index (χ2n) is 6.73. The second-order valence-corrected chi connectivity index (χ2v) is 8.76. The molecule has 0 unspecified atom stereocenters. The van der Waals surface area contributed by atoms with E-state index in [9.17, 15) is 9.59 Å². The van der Waals surface area contributed by atoms with Crippen LogP contribution in [0.15, 0.2) is 41.8 Å². The van der Waals surface area contributed by atoms with Gasteiger partial charge in [0.25, 0.3) is 5.91 Å². The fourth-order valence-corrected chi connectivity index (χ4v) is 4.87. The number of methoxy groups -OCH3 is 1. The highest BCUT2D eigenvalue weighted by Crippen LogP contribution is 2.29. The van der Waals surface area contributed by atoms with Gasteiger partial charge < -0.3 is 9.64 Å².